The van der Waals surface area contributed by atoms with Crippen LogP contribution in [0.2, 0.25) is 0 Å². The molecule has 1 aliphatic heterocycles. The van der Waals surface area contributed by atoms with Gasteiger partial charge in [-0.15, -0.1) is 0 Å². The summed E-state index contributed by atoms with van der Waals surface area (Å²) in [4.78, 5) is 14.5. The van der Waals surface area contributed by atoms with Crippen LogP contribution in [0.3, 0.4) is 0 Å². The number of methoxy groups -OCH3 is 2. The van der Waals surface area contributed by atoms with E-state index in [1.807, 2.05) is 31.6 Å². The Morgan fingerprint density at radius 3 is 2.67 bits per heavy atom. The lowest BCUT2D eigenvalue weighted by molar-refractivity contribution is 0.201. The molecule has 0 spiro atoms. The molecule has 0 unspecified atom stereocenters. The van der Waals surface area contributed by atoms with Crippen LogP contribution in [0, 0.1) is 6.92 Å². The van der Waals surface area contributed by atoms with Gasteiger partial charge in [-0.2, -0.15) is 0 Å². The van der Waals surface area contributed by atoms with Gasteiger partial charge in [-0.3, -0.25) is 9.88 Å². The number of hydrogen-bond donors (Lipinski definition) is 1. The molecule has 0 aliphatic carbocycles. The van der Waals surface area contributed by atoms with Crippen molar-refractivity contribution in [2.45, 2.75) is 25.9 Å². The summed E-state index contributed by atoms with van der Waals surface area (Å²) < 4.78 is 11.1. The summed E-state index contributed by atoms with van der Waals surface area (Å²) in [6.45, 7) is 3.72. The predicted octanol–water partition coefficient (Wildman–Crippen LogP) is 3.28. The summed E-state index contributed by atoms with van der Waals surface area (Å²) in [7, 11) is 3.36. The zero-order chi connectivity index (χ0) is 18.8. The number of nitrogens with zero attached hydrogens (tertiary/aromatic N) is 3. The first kappa shape index (κ1) is 17.5. The van der Waals surface area contributed by atoms with Gasteiger partial charge in [0.15, 0.2) is 11.5 Å². The Morgan fingerprint density at radius 1 is 1.19 bits per heavy atom. The van der Waals surface area contributed by atoms with E-state index in [1.165, 1.54) is 16.7 Å². The van der Waals surface area contributed by atoms with Gasteiger partial charge in [-0.25, -0.2) is 4.98 Å². The first-order valence-electron chi connectivity index (χ1n) is 9.09. The van der Waals surface area contributed by atoms with Gasteiger partial charge in [-0.1, -0.05) is 6.07 Å². The Balaban J connectivity index is 1.78. The summed E-state index contributed by atoms with van der Waals surface area (Å²) in [5, 5.41) is 0. The fourth-order valence-electron chi connectivity index (χ4n) is 3.87. The van der Waals surface area contributed by atoms with Crippen molar-refractivity contribution >= 4 is 0 Å². The van der Waals surface area contributed by atoms with Crippen molar-refractivity contribution in [2.75, 3.05) is 20.8 Å². The highest BCUT2D eigenvalue weighted by atomic mass is 16.5. The Bertz CT molecular complexity index is 923. The molecule has 0 saturated carbocycles. The maximum Gasteiger partial charge on any atom is 0.161 e. The van der Waals surface area contributed by atoms with Crippen molar-refractivity contribution in [1.29, 1.82) is 0 Å². The van der Waals surface area contributed by atoms with Crippen molar-refractivity contribution in [3.63, 3.8) is 0 Å². The van der Waals surface area contributed by atoms with Crippen molar-refractivity contribution < 1.29 is 9.47 Å². The summed E-state index contributed by atoms with van der Waals surface area (Å²) >= 11 is 0. The van der Waals surface area contributed by atoms with Crippen molar-refractivity contribution in [1.82, 2.24) is 19.9 Å². The predicted molar refractivity (Wildman–Crippen MR) is 103 cm³/mol. The van der Waals surface area contributed by atoms with Crippen LogP contribution in [0.1, 0.15) is 34.3 Å². The molecule has 3 heterocycles. The van der Waals surface area contributed by atoms with E-state index in [4.69, 9.17) is 9.47 Å². The van der Waals surface area contributed by atoms with Crippen LogP contribution in [0.5, 0.6) is 11.5 Å². The minimum Gasteiger partial charge on any atom is -0.493 e. The fourth-order valence-corrected chi connectivity index (χ4v) is 3.87. The molecule has 6 heteroatoms. The lowest BCUT2D eigenvalue weighted by Crippen LogP contribution is -2.36. The Labute approximate surface area is 159 Å². The van der Waals surface area contributed by atoms with Crippen molar-refractivity contribution in [3.8, 4) is 11.5 Å². The van der Waals surface area contributed by atoms with E-state index in [0.29, 0.717) is 0 Å². The van der Waals surface area contributed by atoms with E-state index in [2.05, 4.69) is 38.1 Å². The maximum absolute atomic E-state index is 5.57. The lowest BCUT2D eigenvalue weighted by atomic mass is 9.88. The molecule has 0 fully saturated rings. The average molecular weight is 364 g/mol. The number of fused-ring (bicyclic) bond motifs is 1. The maximum atomic E-state index is 5.57. The monoisotopic (exact) mass is 364 g/mol. The van der Waals surface area contributed by atoms with Gasteiger partial charge < -0.3 is 14.5 Å². The molecule has 3 aromatic rings. The lowest BCUT2D eigenvalue weighted by Gasteiger charge is -2.37. The summed E-state index contributed by atoms with van der Waals surface area (Å²) in [6.07, 6.45) is 6.63. The summed E-state index contributed by atoms with van der Waals surface area (Å²) in [6, 6.07) is 8.44. The molecule has 1 atom stereocenters. The first-order valence-corrected chi connectivity index (χ1v) is 9.09. The number of ether oxygens (including phenoxy) is 2. The van der Waals surface area contributed by atoms with Gasteiger partial charge in [0.05, 0.1) is 20.3 Å². The molecule has 27 heavy (non-hydrogen) atoms. The molecular weight excluding hydrogens is 340 g/mol. The Morgan fingerprint density at radius 2 is 2.00 bits per heavy atom. The van der Waals surface area contributed by atoms with Gasteiger partial charge in [0.1, 0.15) is 5.82 Å². The van der Waals surface area contributed by atoms with Crippen LogP contribution in [0.4, 0.5) is 0 Å². The van der Waals surface area contributed by atoms with Gasteiger partial charge >= 0.3 is 0 Å². The van der Waals surface area contributed by atoms with Gasteiger partial charge in [0.25, 0.3) is 0 Å². The van der Waals surface area contributed by atoms with Crippen molar-refractivity contribution in [2.24, 2.45) is 0 Å². The molecule has 6 nitrogen and oxygen atoms in total. The second-order valence-electron chi connectivity index (χ2n) is 6.81. The van der Waals surface area contributed by atoms with E-state index < -0.39 is 0 Å². The van der Waals surface area contributed by atoms with Crippen LogP contribution in [0.25, 0.3) is 0 Å². The molecule has 0 radical (unpaired) electrons. The Kier molecular flexibility index (Phi) is 4.81. The number of hydrogen-bond acceptors (Lipinski definition) is 5. The molecule has 0 amide bonds. The van der Waals surface area contributed by atoms with E-state index in [1.54, 1.807) is 14.2 Å². The molecule has 2 aromatic heterocycles. The number of H-pyrrole nitrogens is 1. The van der Waals surface area contributed by atoms with Gasteiger partial charge in [0, 0.05) is 37.4 Å². The quantitative estimate of drug-likeness (QED) is 0.753. The number of imidazole rings is 1. The number of aryl methyl sites for hydroxylation is 1. The zero-order valence-corrected chi connectivity index (χ0v) is 15.9. The number of pyridine rings is 1. The largest absolute Gasteiger partial charge is 0.493 e. The normalized spacial score (nSPS) is 16.8. The summed E-state index contributed by atoms with van der Waals surface area (Å²) in [5.74, 6) is 2.47. The Hall–Kier alpha value is -2.86. The third kappa shape index (κ3) is 3.40. The average Bonchev–Trinajstić information content (AvgIpc) is 3.12. The number of aromatic amines is 1. The second kappa shape index (κ2) is 7.40. The highest BCUT2D eigenvalue weighted by Crippen LogP contribution is 2.41. The van der Waals surface area contributed by atoms with Gasteiger partial charge in [0.2, 0.25) is 0 Å². The van der Waals surface area contributed by atoms with Crippen LogP contribution in [0.15, 0.2) is 42.9 Å². The van der Waals surface area contributed by atoms with E-state index in [0.717, 1.165) is 42.5 Å². The van der Waals surface area contributed by atoms with Crippen LogP contribution >= 0.6 is 0 Å². The highest BCUT2D eigenvalue weighted by Gasteiger charge is 2.30. The van der Waals surface area contributed by atoms with Gasteiger partial charge in [-0.05, 0) is 48.2 Å². The molecule has 4 rings (SSSR count). The first-order chi connectivity index (χ1) is 13.2. The van der Waals surface area contributed by atoms with E-state index in [-0.39, 0.29) is 6.04 Å². The minimum atomic E-state index is 0.103. The highest BCUT2D eigenvalue weighted by molar-refractivity contribution is 5.51. The summed E-state index contributed by atoms with van der Waals surface area (Å²) in [5.41, 5.74) is 4.81. The topological polar surface area (TPSA) is 63.3 Å². The number of nitrogens with one attached hydrogen (secondary N) is 1. The smallest absolute Gasteiger partial charge is 0.161 e. The number of benzene rings is 1. The van der Waals surface area contributed by atoms with E-state index >= 15 is 0 Å². The van der Waals surface area contributed by atoms with Crippen molar-refractivity contribution in [3.05, 3.63) is 71.1 Å². The SMILES string of the molecule is COc1cc2c(cc1OC)[C@H](c1cccnc1)N(Cc1cnc(C)[nH]1)CC2. The standard InChI is InChI=1S/C21H24N4O2/c1-14-23-12-17(24-14)13-25-8-6-15-9-19(26-2)20(27-3)10-18(15)21(25)16-5-4-7-22-11-16/h4-5,7,9-12,21H,6,8,13H2,1-3H3,(H,23,24)/t21-/m0/s1. The minimum absolute atomic E-state index is 0.103. The second-order valence-corrected chi connectivity index (χ2v) is 6.81. The molecule has 1 aromatic carbocycles. The fraction of sp³-hybridized carbons (Fsp3) is 0.333. The molecule has 0 bridgehead atoms. The molecule has 140 valence electrons. The molecule has 0 saturated heterocycles. The van der Waals surface area contributed by atoms with Crippen LogP contribution in [-0.2, 0) is 13.0 Å². The number of rotatable bonds is 5. The third-order valence-corrected chi connectivity index (χ3v) is 5.10. The van der Waals surface area contributed by atoms with Crippen LogP contribution in [-0.4, -0.2) is 40.6 Å². The zero-order valence-electron chi connectivity index (χ0n) is 15.9. The molecular formula is C21H24N4O2. The van der Waals surface area contributed by atoms with E-state index in [9.17, 15) is 0 Å². The number of aromatic nitrogens is 3. The third-order valence-electron chi connectivity index (χ3n) is 5.10. The molecule has 1 N–H and O–H groups in total. The molecule has 1 aliphatic rings. The van der Waals surface area contributed by atoms with Crippen LogP contribution < -0.4 is 9.47 Å².